The minimum atomic E-state index is -0.630. The van der Waals surface area contributed by atoms with Gasteiger partial charge in [-0.25, -0.2) is 0 Å². The van der Waals surface area contributed by atoms with Crippen LogP contribution in [0.1, 0.15) is 13.8 Å². The summed E-state index contributed by atoms with van der Waals surface area (Å²) in [7, 11) is 0. The van der Waals surface area contributed by atoms with Gasteiger partial charge in [0.2, 0.25) is 11.6 Å². The third-order valence-corrected chi connectivity index (χ3v) is 2.69. The van der Waals surface area contributed by atoms with Crippen LogP contribution < -0.4 is 10.6 Å². The van der Waals surface area contributed by atoms with E-state index >= 15 is 0 Å². The monoisotopic (exact) mass is 287 g/mol. The lowest BCUT2D eigenvalue weighted by Gasteiger charge is -2.11. The maximum absolute atomic E-state index is 11.1. The minimum absolute atomic E-state index is 0.112. The first-order chi connectivity index (χ1) is 8.99. The molecule has 0 fully saturated rings. The minimum Gasteiger partial charge on any atom is -0.392 e. The number of hydrogen-bond acceptors (Lipinski definition) is 8. The van der Waals surface area contributed by atoms with Crippen LogP contribution in [0.3, 0.4) is 0 Å². The Morgan fingerprint density at radius 3 is 2.42 bits per heavy atom. The lowest BCUT2D eigenvalue weighted by Crippen LogP contribution is -2.18. The van der Waals surface area contributed by atoms with Crippen LogP contribution in [0.2, 0.25) is 0 Å². The fraction of sp³-hybridized carbons (Fsp3) is 0.600. The Balaban J connectivity index is 3.22. The fourth-order valence-corrected chi connectivity index (χ4v) is 1.72. The number of thioether (sulfide) groups is 1. The van der Waals surface area contributed by atoms with Crippen molar-refractivity contribution in [2.45, 2.75) is 25.1 Å². The highest BCUT2D eigenvalue weighted by Gasteiger charge is 2.24. The van der Waals surface area contributed by atoms with Gasteiger partial charge < -0.3 is 15.7 Å². The fourth-order valence-electron chi connectivity index (χ4n) is 1.36. The van der Waals surface area contributed by atoms with Crippen molar-refractivity contribution in [1.82, 2.24) is 9.97 Å². The number of nitro groups is 1. The zero-order valence-corrected chi connectivity index (χ0v) is 11.8. The van der Waals surface area contributed by atoms with Crippen LogP contribution in [0.5, 0.6) is 0 Å². The van der Waals surface area contributed by atoms with Crippen LogP contribution in [-0.4, -0.2) is 45.4 Å². The average Bonchev–Trinajstić information content (AvgIpc) is 2.35. The summed E-state index contributed by atoms with van der Waals surface area (Å²) in [6.07, 6.45) is 1.16. The molecule has 9 heteroatoms. The summed E-state index contributed by atoms with van der Waals surface area (Å²) in [6, 6.07) is 0. The molecule has 0 radical (unpaired) electrons. The largest absolute Gasteiger partial charge is 0.392 e. The number of rotatable bonds is 7. The van der Waals surface area contributed by atoms with Crippen LogP contribution in [0.25, 0.3) is 0 Å². The molecule has 1 aromatic rings. The SMILES string of the molecule is CCNc1nc(SC)nc(NCC(C)O)c1[N+](=O)[O-]. The summed E-state index contributed by atoms with van der Waals surface area (Å²) < 4.78 is 0. The number of nitrogens with one attached hydrogen (secondary N) is 2. The Labute approximate surface area is 115 Å². The summed E-state index contributed by atoms with van der Waals surface area (Å²) in [5.41, 5.74) is -0.208. The smallest absolute Gasteiger partial charge is 0.353 e. The number of aliphatic hydroxyl groups is 1. The molecule has 1 unspecified atom stereocenters. The van der Waals surface area contributed by atoms with Crippen LogP contribution in [0.4, 0.5) is 17.3 Å². The van der Waals surface area contributed by atoms with Crippen molar-refractivity contribution in [2.24, 2.45) is 0 Å². The number of hydrogen-bond donors (Lipinski definition) is 3. The molecule has 0 aromatic carbocycles. The maximum Gasteiger partial charge on any atom is 0.353 e. The predicted molar refractivity (Wildman–Crippen MR) is 74.8 cm³/mol. The topological polar surface area (TPSA) is 113 Å². The number of nitrogens with zero attached hydrogens (tertiary/aromatic N) is 3. The van der Waals surface area contributed by atoms with Crippen LogP contribution in [-0.2, 0) is 0 Å². The molecule has 0 aliphatic rings. The summed E-state index contributed by atoms with van der Waals surface area (Å²) in [4.78, 5) is 18.8. The zero-order valence-electron chi connectivity index (χ0n) is 11.0. The van der Waals surface area contributed by atoms with Crippen molar-refractivity contribution in [3.05, 3.63) is 10.1 Å². The summed E-state index contributed by atoms with van der Waals surface area (Å²) >= 11 is 1.29. The van der Waals surface area contributed by atoms with Gasteiger partial charge in [-0.05, 0) is 20.1 Å². The van der Waals surface area contributed by atoms with Crippen molar-refractivity contribution in [2.75, 3.05) is 30.0 Å². The third kappa shape index (κ3) is 4.21. The van der Waals surface area contributed by atoms with Crippen molar-refractivity contribution in [3.63, 3.8) is 0 Å². The van der Waals surface area contributed by atoms with Crippen LogP contribution in [0, 0.1) is 10.1 Å². The Bertz CT molecular complexity index is 455. The van der Waals surface area contributed by atoms with E-state index in [2.05, 4.69) is 20.6 Å². The Morgan fingerprint density at radius 2 is 2.00 bits per heavy atom. The van der Waals surface area contributed by atoms with Gasteiger partial charge in [-0.3, -0.25) is 10.1 Å². The molecular formula is C10H17N5O3S. The Morgan fingerprint density at radius 1 is 1.42 bits per heavy atom. The van der Waals surface area contributed by atoms with E-state index in [0.29, 0.717) is 11.7 Å². The number of aliphatic hydroxyl groups excluding tert-OH is 1. The van der Waals surface area contributed by atoms with E-state index in [-0.39, 0.29) is 23.9 Å². The molecule has 0 saturated carbocycles. The molecule has 0 amide bonds. The second kappa shape index (κ2) is 7.10. The third-order valence-electron chi connectivity index (χ3n) is 2.14. The average molecular weight is 287 g/mol. The van der Waals surface area contributed by atoms with Gasteiger partial charge in [0.1, 0.15) is 0 Å². The first-order valence-corrected chi connectivity index (χ1v) is 6.98. The van der Waals surface area contributed by atoms with E-state index in [4.69, 9.17) is 0 Å². The summed E-state index contributed by atoms with van der Waals surface area (Å²) in [5.74, 6) is 0.293. The molecule has 0 aliphatic heterocycles. The molecule has 0 aliphatic carbocycles. The molecule has 3 N–H and O–H groups in total. The van der Waals surface area contributed by atoms with E-state index in [1.54, 1.807) is 13.2 Å². The van der Waals surface area contributed by atoms with Crippen molar-refractivity contribution in [3.8, 4) is 0 Å². The molecular weight excluding hydrogens is 270 g/mol. The predicted octanol–water partition coefficient (Wildman–Crippen LogP) is 1.33. The normalized spacial score (nSPS) is 12.0. The molecule has 0 bridgehead atoms. The number of anilines is 2. The Hall–Kier alpha value is -1.61. The van der Waals surface area contributed by atoms with Gasteiger partial charge in [0.25, 0.3) is 0 Å². The maximum atomic E-state index is 11.1. The van der Waals surface area contributed by atoms with Crippen LogP contribution in [0.15, 0.2) is 5.16 Å². The van der Waals surface area contributed by atoms with Crippen LogP contribution >= 0.6 is 11.8 Å². The zero-order chi connectivity index (χ0) is 14.4. The molecule has 1 atom stereocenters. The van der Waals surface area contributed by atoms with Crippen molar-refractivity contribution >= 4 is 29.1 Å². The standard InChI is InChI=1S/C10H17N5O3S/c1-4-11-8-7(15(17)18)9(12-5-6(2)16)14-10(13-8)19-3/h6,16H,4-5H2,1-3H3,(H2,11,12,13,14). The molecule has 1 rings (SSSR count). The van der Waals surface area contributed by atoms with Crippen molar-refractivity contribution in [1.29, 1.82) is 0 Å². The van der Waals surface area contributed by atoms with Gasteiger partial charge in [0.15, 0.2) is 5.16 Å². The van der Waals surface area contributed by atoms with E-state index in [1.807, 2.05) is 6.92 Å². The van der Waals surface area contributed by atoms with Gasteiger partial charge in [0, 0.05) is 13.1 Å². The van der Waals surface area contributed by atoms with Crippen molar-refractivity contribution < 1.29 is 10.0 Å². The second-order valence-corrected chi connectivity index (χ2v) is 4.55. The van der Waals surface area contributed by atoms with E-state index in [9.17, 15) is 15.2 Å². The van der Waals surface area contributed by atoms with E-state index in [1.165, 1.54) is 11.8 Å². The van der Waals surface area contributed by atoms with E-state index in [0.717, 1.165) is 0 Å². The molecule has 0 spiro atoms. The molecule has 1 aromatic heterocycles. The van der Waals surface area contributed by atoms with Gasteiger partial charge in [-0.15, -0.1) is 0 Å². The van der Waals surface area contributed by atoms with Gasteiger partial charge in [-0.1, -0.05) is 11.8 Å². The molecule has 19 heavy (non-hydrogen) atoms. The van der Waals surface area contributed by atoms with Gasteiger partial charge >= 0.3 is 5.69 Å². The summed E-state index contributed by atoms with van der Waals surface area (Å²) in [6.45, 7) is 4.10. The highest BCUT2D eigenvalue weighted by Crippen LogP contribution is 2.31. The van der Waals surface area contributed by atoms with Gasteiger partial charge in [0.05, 0.1) is 11.0 Å². The number of aromatic nitrogens is 2. The van der Waals surface area contributed by atoms with E-state index < -0.39 is 11.0 Å². The lowest BCUT2D eigenvalue weighted by molar-refractivity contribution is -0.383. The lowest BCUT2D eigenvalue weighted by atomic mass is 10.3. The molecule has 106 valence electrons. The molecule has 0 saturated heterocycles. The summed E-state index contributed by atoms with van der Waals surface area (Å²) in [5, 5.41) is 26.4. The molecule has 1 heterocycles. The highest BCUT2D eigenvalue weighted by atomic mass is 32.2. The highest BCUT2D eigenvalue weighted by molar-refractivity contribution is 7.98. The Kier molecular flexibility index (Phi) is 5.77. The molecule has 8 nitrogen and oxygen atoms in total. The first kappa shape index (κ1) is 15.4. The first-order valence-electron chi connectivity index (χ1n) is 5.75. The second-order valence-electron chi connectivity index (χ2n) is 3.77. The quantitative estimate of drug-likeness (QED) is 0.298. The van der Waals surface area contributed by atoms with Gasteiger partial charge in [-0.2, -0.15) is 9.97 Å².